The Labute approximate surface area is 239 Å². The normalized spacial score (nSPS) is 11.6. The van der Waals surface area contributed by atoms with Crippen molar-refractivity contribution in [2.45, 2.75) is 32.6 Å². The number of hydrogen-bond acceptors (Lipinski definition) is 5. The highest BCUT2D eigenvalue weighted by Crippen LogP contribution is 2.32. The molecule has 0 aliphatic rings. The quantitative estimate of drug-likeness (QED) is 0.203. The molecule has 0 aliphatic carbocycles. The third-order valence-electron chi connectivity index (χ3n) is 6.65. The van der Waals surface area contributed by atoms with Crippen molar-refractivity contribution >= 4 is 39.4 Å². The molecule has 0 aliphatic heterocycles. The molecule has 8 nitrogen and oxygen atoms in total. The first kappa shape index (κ1) is 28.9. The van der Waals surface area contributed by atoms with Gasteiger partial charge in [-0.1, -0.05) is 35.9 Å². The number of nitrogens with zero attached hydrogens (tertiary/aromatic N) is 3. The summed E-state index contributed by atoms with van der Waals surface area (Å²) >= 11 is 6.28. The van der Waals surface area contributed by atoms with Gasteiger partial charge in [0.05, 0.1) is 28.9 Å². The van der Waals surface area contributed by atoms with Crippen LogP contribution in [0.1, 0.15) is 28.1 Å². The summed E-state index contributed by atoms with van der Waals surface area (Å²) in [6, 6.07) is 20.7. The molecule has 0 unspecified atom stereocenters. The van der Waals surface area contributed by atoms with E-state index in [0.29, 0.717) is 5.75 Å². The summed E-state index contributed by atoms with van der Waals surface area (Å²) in [5.74, 6) is -0.236. The molecule has 208 valence electrons. The fourth-order valence-electron chi connectivity index (χ4n) is 4.37. The second-order valence-electron chi connectivity index (χ2n) is 9.37. The standard InChI is InChI=1S/C30H31ClN4O4S/c1-20-11-12-26(15-21(20)2)35-22(3)16-24(23(35)4)18-32-33-30(36)19-34(25-13-14-29(39-5)28(31)17-25)40(37,38)27-9-7-6-8-10-27/h6-18H,19H2,1-5H3,(H,33,36)/b32-18+. The Bertz CT molecular complexity index is 1680. The first-order valence-electron chi connectivity index (χ1n) is 12.5. The largest absolute Gasteiger partial charge is 0.495 e. The van der Waals surface area contributed by atoms with E-state index in [4.69, 9.17) is 16.3 Å². The van der Waals surface area contributed by atoms with Crippen LogP contribution in [0.3, 0.4) is 0 Å². The van der Waals surface area contributed by atoms with Gasteiger partial charge in [0.2, 0.25) is 0 Å². The lowest BCUT2D eigenvalue weighted by atomic mass is 10.1. The topological polar surface area (TPSA) is 93.0 Å². The van der Waals surface area contributed by atoms with E-state index >= 15 is 0 Å². The molecule has 1 amide bonds. The third kappa shape index (κ3) is 6.05. The number of hydrazone groups is 1. The maximum absolute atomic E-state index is 13.5. The average molecular weight is 579 g/mol. The minimum Gasteiger partial charge on any atom is -0.495 e. The maximum Gasteiger partial charge on any atom is 0.264 e. The number of carbonyl (C=O) groups excluding carboxylic acids is 1. The zero-order valence-corrected chi connectivity index (χ0v) is 24.5. The smallest absolute Gasteiger partial charge is 0.264 e. The minimum atomic E-state index is -4.09. The van der Waals surface area contributed by atoms with Gasteiger partial charge in [0, 0.05) is 22.6 Å². The van der Waals surface area contributed by atoms with E-state index in [2.05, 4.69) is 47.1 Å². The molecule has 0 saturated heterocycles. The van der Waals surface area contributed by atoms with Crippen LogP contribution in [-0.2, 0) is 14.8 Å². The third-order valence-corrected chi connectivity index (χ3v) is 8.74. The number of carbonyl (C=O) groups is 1. The molecule has 1 N–H and O–H groups in total. The fourth-order valence-corrected chi connectivity index (χ4v) is 6.05. The van der Waals surface area contributed by atoms with Crippen LogP contribution in [0.5, 0.6) is 5.75 Å². The summed E-state index contributed by atoms with van der Waals surface area (Å²) in [5, 5.41) is 4.34. The van der Waals surface area contributed by atoms with Crippen molar-refractivity contribution < 1.29 is 17.9 Å². The molecule has 0 spiro atoms. The van der Waals surface area contributed by atoms with Crippen molar-refractivity contribution in [3.05, 3.63) is 106 Å². The van der Waals surface area contributed by atoms with Gasteiger partial charge in [0.15, 0.2) is 0 Å². The van der Waals surface area contributed by atoms with Crippen LogP contribution >= 0.6 is 11.6 Å². The highest BCUT2D eigenvalue weighted by Gasteiger charge is 2.27. The maximum atomic E-state index is 13.5. The Balaban J connectivity index is 1.57. The fraction of sp³-hybridized carbons (Fsp3) is 0.200. The highest BCUT2D eigenvalue weighted by molar-refractivity contribution is 7.92. The van der Waals surface area contributed by atoms with Crippen molar-refractivity contribution in [2.75, 3.05) is 18.0 Å². The molecule has 4 rings (SSSR count). The van der Waals surface area contributed by atoms with E-state index in [-0.39, 0.29) is 15.6 Å². The van der Waals surface area contributed by atoms with Gasteiger partial charge in [-0.05, 0) is 87.4 Å². The van der Waals surface area contributed by atoms with Crippen molar-refractivity contribution in [3.8, 4) is 11.4 Å². The number of sulfonamides is 1. The molecule has 0 fully saturated rings. The molecule has 10 heteroatoms. The highest BCUT2D eigenvalue weighted by atomic mass is 35.5. The number of anilines is 1. The molecular formula is C30H31ClN4O4S. The lowest BCUT2D eigenvalue weighted by Gasteiger charge is -2.24. The summed E-state index contributed by atoms with van der Waals surface area (Å²) in [5.41, 5.74) is 8.93. The second-order valence-corrected chi connectivity index (χ2v) is 11.6. The van der Waals surface area contributed by atoms with E-state index in [9.17, 15) is 13.2 Å². The van der Waals surface area contributed by atoms with Crippen molar-refractivity contribution in [1.82, 2.24) is 9.99 Å². The summed E-state index contributed by atoms with van der Waals surface area (Å²) in [4.78, 5) is 13.0. The van der Waals surface area contributed by atoms with Gasteiger partial charge in [0.1, 0.15) is 12.3 Å². The number of ether oxygens (including phenoxy) is 1. The Morgan fingerprint density at radius 1 is 1.00 bits per heavy atom. The van der Waals surface area contributed by atoms with Gasteiger partial charge >= 0.3 is 0 Å². The van der Waals surface area contributed by atoms with Gasteiger partial charge in [0.25, 0.3) is 15.9 Å². The number of hydrogen-bond donors (Lipinski definition) is 1. The molecule has 3 aromatic carbocycles. The Morgan fingerprint density at radius 3 is 2.38 bits per heavy atom. The van der Waals surface area contributed by atoms with Crippen LogP contribution in [-0.4, -0.2) is 38.8 Å². The van der Waals surface area contributed by atoms with Crippen LogP contribution < -0.4 is 14.5 Å². The molecule has 1 aromatic heterocycles. The average Bonchev–Trinajstić information content (AvgIpc) is 3.21. The van der Waals surface area contributed by atoms with E-state index in [1.54, 1.807) is 30.5 Å². The van der Waals surface area contributed by atoms with Gasteiger partial charge in [-0.3, -0.25) is 9.10 Å². The molecule has 0 radical (unpaired) electrons. The zero-order chi connectivity index (χ0) is 29.0. The number of benzene rings is 3. The SMILES string of the molecule is COc1ccc(N(CC(=O)N/N=C/c2cc(C)n(-c3ccc(C)c(C)c3)c2C)S(=O)(=O)c2ccccc2)cc1Cl. The van der Waals surface area contributed by atoms with Gasteiger partial charge in [-0.15, -0.1) is 0 Å². The Morgan fingerprint density at radius 2 is 1.73 bits per heavy atom. The van der Waals surface area contributed by atoms with Crippen molar-refractivity contribution in [3.63, 3.8) is 0 Å². The predicted molar refractivity (Wildman–Crippen MR) is 159 cm³/mol. The monoisotopic (exact) mass is 578 g/mol. The molecule has 0 bridgehead atoms. The van der Waals surface area contributed by atoms with Crippen LogP contribution in [0.4, 0.5) is 5.69 Å². The lowest BCUT2D eigenvalue weighted by Crippen LogP contribution is -2.39. The number of halogens is 1. The minimum absolute atomic E-state index is 0.0389. The van der Waals surface area contributed by atoms with Crippen molar-refractivity contribution in [1.29, 1.82) is 0 Å². The zero-order valence-electron chi connectivity index (χ0n) is 23.0. The van der Waals surface area contributed by atoms with E-state index in [0.717, 1.165) is 26.9 Å². The number of aryl methyl sites for hydroxylation is 3. The number of methoxy groups -OCH3 is 1. The molecule has 0 saturated carbocycles. The Kier molecular flexibility index (Phi) is 8.66. The number of amides is 1. The first-order valence-corrected chi connectivity index (χ1v) is 14.3. The van der Waals surface area contributed by atoms with Gasteiger partial charge in [-0.2, -0.15) is 5.10 Å². The molecule has 1 heterocycles. The van der Waals surface area contributed by atoms with E-state index in [1.165, 1.54) is 42.5 Å². The Hall–Kier alpha value is -4.08. The second kappa shape index (κ2) is 12.0. The lowest BCUT2D eigenvalue weighted by molar-refractivity contribution is -0.119. The summed E-state index contributed by atoms with van der Waals surface area (Å²) in [7, 11) is -2.63. The van der Waals surface area contributed by atoms with Crippen LogP contribution in [0, 0.1) is 27.7 Å². The first-order chi connectivity index (χ1) is 19.0. The number of nitrogens with one attached hydrogen (secondary N) is 1. The van der Waals surface area contributed by atoms with E-state index < -0.39 is 22.5 Å². The van der Waals surface area contributed by atoms with Crippen LogP contribution in [0.25, 0.3) is 5.69 Å². The van der Waals surface area contributed by atoms with Crippen LogP contribution in [0.2, 0.25) is 5.02 Å². The predicted octanol–water partition coefficient (Wildman–Crippen LogP) is 5.72. The summed E-state index contributed by atoms with van der Waals surface area (Å²) in [6.07, 6.45) is 1.55. The molecule has 0 atom stereocenters. The summed E-state index contributed by atoms with van der Waals surface area (Å²) < 4.78 is 35.3. The number of aromatic nitrogens is 1. The van der Waals surface area contributed by atoms with Gasteiger partial charge in [-0.25, -0.2) is 13.8 Å². The van der Waals surface area contributed by atoms with E-state index in [1.807, 2.05) is 19.9 Å². The number of rotatable bonds is 9. The molecule has 4 aromatic rings. The summed E-state index contributed by atoms with van der Waals surface area (Å²) in [6.45, 7) is 7.62. The van der Waals surface area contributed by atoms with Gasteiger partial charge < -0.3 is 9.30 Å². The van der Waals surface area contributed by atoms with Crippen LogP contribution in [0.15, 0.2) is 82.8 Å². The van der Waals surface area contributed by atoms with Crippen molar-refractivity contribution in [2.24, 2.45) is 5.10 Å². The molecule has 40 heavy (non-hydrogen) atoms. The molecular weight excluding hydrogens is 548 g/mol.